The second kappa shape index (κ2) is 6.79. The Labute approximate surface area is 154 Å². The Hall–Kier alpha value is -2.28. The largest absolute Gasteiger partial charge is 0.339 e. The summed E-state index contributed by atoms with van der Waals surface area (Å²) >= 11 is 1.68. The molecule has 0 bridgehead atoms. The van der Waals surface area contributed by atoms with Gasteiger partial charge in [0.2, 0.25) is 5.91 Å². The predicted octanol–water partition coefficient (Wildman–Crippen LogP) is 3.11. The van der Waals surface area contributed by atoms with Crippen LogP contribution in [0.5, 0.6) is 0 Å². The maximum absolute atomic E-state index is 13.8. The number of benzene rings is 1. The number of amides is 2. The molecule has 1 saturated carbocycles. The van der Waals surface area contributed by atoms with Gasteiger partial charge in [-0.2, -0.15) is 0 Å². The molecule has 1 aromatic heterocycles. The van der Waals surface area contributed by atoms with Crippen molar-refractivity contribution in [2.24, 2.45) is 5.92 Å². The number of piperazine rings is 1. The first-order chi connectivity index (χ1) is 12.5. The zero-order chi connectivity index (χ0) is 18.3. The summed E-state index contributed by atoms with van der Waals surface area (Å²) in [5, 5.41) is 2.02. The van der Waals surface area contributed by atoms with Gasteiger partial charge in [-0.15, -0.1) is 11.3 Å². The average molecular weight is 376 g/mol. The summed E-state index contributed by atoms with van der Waals surface area (Å²) in [6.07, 6.45) is 0.888. The number of rotatable bonds is 3. The highest BCUT2D eigenvalue weighted by atomic mass is 32.1. The first kappa shape index (κ1) is 17.1. The van der Waals surface area contributed by atoms with E-state index >= 15 is 0 Å². The SMILES string of the molecule is O=C(c1ccc(F)cc1F)N1CCN(C(=O)C2CC2c2cccs2)CC1. The number of carbonyl (C=O) groups is 2. The third kappa shape index (κ3) is 3.23. The van der Waals surface area contributed by atoms with E-state index in [0.717, 1.165) is 12.5 Å². The minimum Gasteiger partial charge on any atom is -0.339 e. The maximum atomic E-state index is 13.8. The van der Waals surface area contributed by atoms with Crippen molar-refractivity contribution in [3.05, 3.63) is 57.8 Å². The van der Waals surface area contributed by atoms with Crippen molar-refractivity contribution in [1.82, 2.24) is 9.80 Å². The van der Waals surface area contributed by atoms with Gasteiger partial charge in [0.15, 0.2) is 0 Å². The Kier molecular flexibility index (Phi) is 4.48. The molecule has 2 fully saturated rings. The lowest BCUT2D eigenvalue weighted by molar-refractivity contribution is -0.134. The fourth-order valence-electron chi connectivity index (χ4n) is 3.48. The maximum Gasteiger partial charge on any atom is 0.256 e. The molecule has 26 heavy (non-hydrogen) atoms. The minimum absolute atomic E-state index is 0.0467. The molecule has 2 amide bonds. The molecule has 0 N–H and O–H groups in total. The van der Waals surface area contributed by atoms with E-state index in [2.05, 4.69) is 6.07 Å². The highest BCUT2D eigenvalue weighted by Gasteiger charge is 2.46. The highest BCUT2D eigenvalue weighted by Crippen LogP contribution is 2.50. The summed E-state index contributed by atoms with van der Waals surface area (Å²) in [5.41, 5.74) is -0.133. The molecular weight excluding hydrogens is 358 g/mol. The molecule has 1 saturated heterocycles. The van der Waals surface area contributed by atoms with Crippen LogP contribution in [0, 0.1) is 17.6 Å². The second-order valence-electron chi connectivity index (χ2n) is 6.71. The Balaban J connectivity index is 1.34. The third-order valence-electron chi connectivity index (χ3n) is 5.06. The van der Waals surface area contributed by atoms with Crippen molar-refractivity contribution < 1.29 is 18.4 Å². The number of hydrogen-bond acceptors (Lipinski definition) is 3. The quantitative estimate of drug-likeness (QED) is 0.826. The summed E-state index contributed by atoms with van der Waals surface area (Å²) in [6.45, 7) is 1.61. The van der Waals surface area contributed by atoms with Gasteiger partial charge < -0.3 is 9.80 Å². The van der Waals surface area contributed by atoms with Gasteiger partial charge in [-0.25, -0.2) is 8.78 Å². The van der Waals surface area contributed by atoms with Crippen LogP contribution in [-0.4, -0.2) is 47.8 Å². The van der Waals surface area contributed by atoms with Crippen molar-refractivity contribution in [2.75, 3.05) is 26.2 Å². The lowest BCUT2D eigenvalue weighted by Gasteiger charge is -2.35. The van der Waals surface area contributed by atoms with E-state index in [1.807, 2.05) is 11.4 Å². The molecule has 1 aliphatic heterocycles. The van der Waals surface area contributed by atoms with Crippen molar-refractivity contribution in [1.29, 1.82) is 0 Å². The molecule has 1 aliphatic carbocycles. The molecule has 4 nitrogen and oxygen atoms in total. The summed E-state index contributed by atoms with van der Waals surface area (Å²) in [6, 6.07) is 7.02. The zero-order valence-corrected chi connectivity index (χ0v) is 14.8. The summed E-state index contributed by atoms with van der Waals surface area (Å²) < 4.78 is 26.8. The number of halogens is 2. The Morgan fingerprint density at radius 2 is 1.77 bits per heavy atom. The van der Waals surface area contributed by atoms with Gasteiger partial charge in [0.1, 0.15) is 11.6 Å². The van der Waals surface area contributed by atoms with E-state index in [1.165, 1.54) is 15.8 Å². The summed E-state index contributed by atoms with van der Waals surface area (Å²) in [7, 11) is 0. The Morgan fingerprint density at radius 3 is 2.42 bits per heavy atom. The third-order valence-corrected chi connectivity index (χ3v) is 6.06. The molecule has 2 heterocycles. The average Bonchev–Trinajstić information content (AvgIpc) is 3.25. The normalized spacial score (nSPS) is 22.4. The van der Waals surface area contributed by atoms with E-state index in [9.17, 15) is 18.4 Å². The molecule has 2 unspecified atom stereocenters. The van der Waals surface area contributed by atoms with Crippen molar-refractivity contribution in [3.8, 4) is 0 Å². The molecule has 2 aromatic rings. The van der Waals surface area contributed by atoms with Crippen LogP contribution in [0.15, 0.2) is 35.7 Å². The van der Waals surface area contributed by atoms with E-state index < -0.39 is 17.5 Å². The van der Waals surface area contributed by atoms with E-state index in [1.54, 1.807) is 16.2 Å². The fraction of sp³-hybridized carbons (Fsp3) is 0.368. The van der Waals surface area contributed by atoms with Crippen LogP contribution >= 0.6 is 11.3 Å². The van der Waals surface area contributed by atoms with Gasteiger partial charge >= 0.3 is 0 Å². The molecule has 4 rings (SSSR count). The van der Waals surface area contributed by atoms with Crippen LogP contribution in [0.1, 0.15) is 27.6 Å². The molecule has 7 heteroatoms. The molecule has 1 aromatic carbocycles. The van der Waals surface area contributed by atoms with E-state index in [0.29, 0.717) is 38.2 Å². The first-order valence-electron chi connectivity index (χ1n) is 8.61. The van der Waals surface area contributed by atoms with Crippen LogP contribution in [0.3, 0.4) is 0 Å². The van der Waals surface area contributed by atoms with Crippen molar-refractivity contribution in [2.45, 2.75) is 12.3 Å². The lowest BCUT2D eigenvalue weighted by atomic mass is 10.1. The molecule has 2 aliphatic rings. The molecule has 136 valence electrons. The van der Waals surface area contributed by atoms with Crippen LogP contribution in [0.2, 0.25) is 0 Å². The number of nitrogens with zero attached hydrogens (tertiary/aromatic N) is 2. The van der Waals surface area contributed by atoms with E-state index in [-0.39, 0.29) is 17.4 Å². The van der Waals surface area contributed by atoms with Crippen LogP contribution < -0.4 is 0 Å². The molecular formula is C19H18F2N2O2S. The van der Waals surface area contributed by atoms with Crippen molar-refractivity contribution in [3.63, 3.8) is 0 Å². The zero-order valence-electron chi connectivity index (χ0n) is 14.0. The van der Waals surface area contributed by atoms with Gasteiger partial charge in [0.25, 0.3) is 5.91 Å². The van der Waals surface area contributed by atoms with Gasteiger partial charge in [0.05, 0.1) is 5.56 Å². The van der Waals surface area contributed by atoms with Crippen LogP contribution in [0.25, 0.3) is 0 Å². The molecule has 0 radical (unpaired) electrons. The Morgan fingerprint density at radius 1 is 1.04 bits per heavy atom. The summed E-state index contributed by atoms with van der Waals surface area (Å²) in [5.74, 6) is -1.51. The predicted molar refractivity (Wildman–Crippen MR) is 94.0 cm³/mol. The van der Waals surface area contributed by atoms with Gasteiger partial charge in [0, 0.05) is 49.0 Å². The smallest absolute Gasteiger partial charge is 0.256 e. The van der Waals surface area contributed by atoms with Crippen LogP contribution in [-0.2, 0) is 4.79 Å². The molecule has 0 spiro atoms. The number of thiophene rings is 1. The Bertz CT molecular complexity index is 832. The number of carbonyl (C=O) groups excluding carboxylic acids is 2. The topological polar surface area (TPSA) is 40.6 Å². The number of hydrogen-bond donors (Lipinski definition) is 0. The lowest BCUT2D eigenvalue weighted by Crippen LogP contribution is -2.51. The van der Waals surface area contributed by atoms with Crippen molar-refractivity contribution >= 4 is 23.2 Å². The van der Waals surface area contributed by atoms with Gasteiger partial charge in [-0.3, -0.25) is 9.59 Å². The first-order valence-corrected chi connectivity index (χ1v) is 9.49. The second-order valence-corrected chi connectivity index (χ2v) is 7.69. The molecule has 2 atom stereocenters. The van der Waals surface area contributed by atoms with Gasteiger partial charge in [-0.05, 0) is 30.0 Å². The fourth-order valence-corrected chi connectivity index (χ4v) is 4.39. The standard InChI is InChI=1S/C19H18F2N2O2S/c20-12-3-4-13(16(21)10-12)18(24)22-5-7-23(8-6-22)19(25)15-11-14(15)17-2-1-9-26-17/h1-4,9-10,14-15H,5-8,11H2. The highest BCUT2D eigenvalue weighted by molar-refractivity contribution is 7.10. The minimum atomic E-state index is -0.856. The monoisotopic (exact) mass is 376 g/mol. The van der Waals surface area contributed by atoms with Gasteiger partial charge in [-0.1, -0.05) is 6.07 Å². The summed E-state index contributed by atoms with van der Waals surface area (Å²) in [4.78, 5) is 29.6. The van der Waals surface area contributed by atoms with Crippen LogP contribution in [0.4, 0.5) is 8.78 Å². The van der Waals surface area contributed by atoms with E-state index in [4.69, 9.17) is 0 Å².